The van der Waals surface area contributed by atoms with Crippen LogP contribution in [0.15, 0.2) is 18.2 Å². The van der Waals surface area contributed by atoms with E-state index in [4.69, 9.17) is 28.3 Å². The molecular formula is C14H15Cl2NO3. The molecule has 0 aliphatic carbocycles. The molecule has 0 spiro atoms. The van der Waals surface area contributed by atoms with Crippen molar-refractivity contribution in [2.24, 2.45) is 0 Å². The normalized spacial score (nSPS) is 18.9. The van der Waals surface area contributed by atoms with Crippen LogP contribution in [0, 0.1) is 0 Å². The van der Waals surface area contributed by atoms with E-state index in [-0.39, 0.29) is 18.4 Å². The maximum Gasteiger partial charge on any atom is 0.305 e. The highest BCUT2D eigenvalue weighted by molar-refractivity contribution is 6.35. The van der Waals surface area contributed by atoms with Crippen LogP contribution in [-0.2, 0) is 4.79 Å². The smallest absolute Gasteiger partial charge is 0.305 e. The molecule has 108 valence electrons. The standard InChI is InChI=1S/C14H15Cl2NO3/c15-10-5-9(6-11(16)7-10)14(20)17-4-2-1-3-12(17)8-13(18)19/h5-7,12H,1-4,8H2,(H,18,19). The van der Waals surface area contributed by atoms with E-state index < -0.39 is 5.97 Å². The number of hydrogen-bond donors (Lipinski definition) is 1. The van der Waals surface area contributed by atoms with Crippen LogP contribution in [0.4, 0.5) is 0 Å². The Hall–Kier alpha value is -1.26. The van der Waals surface area contributed by atoms with Gasteiger partial charge in [-0.05, 0) is 37.5 Å². The number of carboxylic acids is 1. The van der Waals surface area contributed by atoms with Gasteiger partial charge in [0.2, 0.25) is 0 Å². The Kier molecular flexibility index (Phi) is 4.89. The molecule has 1 heterocycles. The molecule has 2 rings (SSSR count). The van der Waals surface area contributed by atoms with Crippen molar-refractivity contribution in [1.82, 2.24) is 4.90 Å². The van der Waals surface area contributed by atoms with Crippen molar-refractivity contribution in [3.8, 4) is 0 Å². The molecule has 0 saturated carbocycles. The van der Waals surface area contributed by atoms with E-state index in [2.05, 4.69) is 0 Å². The van der Waals surface area contributed by atoms with Crippen molar-refractivity contribution >= 4 is 35.1 Å². The number of piperidine rings is 1. The molecule has 1 amide bonds. The number of rotatable bonds is 3. The van der Waals surface area contributed by atoms with Crippen LogP contribution in [0.3, 0.4) is 0 Å². The highest BCUT2D eigenvalue weighted by Crippen LogP contribution is 2.25. The minimum absolute atomic E-state index is 0.0277. The van der Waals surface area contributed by atoms with Crippen LogP contribution in [0.2, 0.25) is 10.0 Å². The molecule has 1 aromatic rings. The largest absolute Gasteiger partial charge is 0.481 e. The lowest BCUT2D eigenvalue weighted by atomic mass is 9.98. The Morgan fingerprint density at radius 3 is 2.45 bits per heavy atom. The lowest BCUT2D eigenvalue weighted by molar-refractivity contribution is -0.138. The summed E-state index contributed by atoms with van der Waals surface area (Å²) >= 11 is 11.8. The molecule has 0 aromatic heterocycles. The van der Waals surface area contributed by atoms with Gasteiger partial charge in [-0.25, -0.2) is 0 Å². The Morgan fingerprint density at radius 2 is 1.85 bits per heavy atom. The Bertz CT molecular complexity index is 513. The van der Waals surface area contributed by atoms with Gasteiger partial charge in [-0.1, -0.05) is 23.2 Å². The topological polar surface area (TPSA) is 57.6 Å². The van der Waals surface area contributed by atoms with Crippen LogP contribution < -0.4 is 0 Å². The number of hydrogen-bond acceptors (Lipinski definition) is 2. The number of halogens is 2. The van der Waals surface area contributed by atoms with Gasteiger partial charge in [0.15, 0.2) is 0 Å². The summed E-state index contributed by atoms with van der Waals surface area (Å²) in [5, 5.41) is 9.74. The van der Waals surface area contributed by atoms with Gasteiger partial charge in [0, 0.05) is 28.2 Å². The van der Waals surface area contributed by atoms with Crippen LogP contribution in [-0.4, -0.2) is 34.5 Å². The molecule has 1 unspecified atom stereocenters. The summed E-state index contributed by atoms with van der Waals surface area (Å²) in [5.74, 6) is -1.10. The van der Waals surface area contributed by atoms with E-state index in [1.165, 1.54) is 0 Å². The molecule has 4 nitrogen and oxygen atoms in total. The predicted octanol–water partition coefficient (Wildman–Crippen LogP) is 3.46. The van der Waals surface area contributed by atoms with Gasteiger partial charge in [0.05, 0.1) is 6.42 Å². The number of carbonyl (C=O) groups excluding carboxylic acids is 1. The van der Waals surface area contributed by atoms with E-state index in [1.54, 1.807) is 23.1 Å². The first kappa shape index (κ1) is 15.1. The van der Waals surface area contributed by atoms with Gasteiger partial charge in [0.25, 0.3) is 5.91 Å². The molecule has 0 radical (unpaired) electrons. The van der Waals surface area contributed by atoms with E-state index in [9.17, 15) is 9.59 Å². The van der Waals surface area contributed by atoms with Crippen molar-refractivity contribution in [3.63, 3.8) is 0 Å². The third-order valence-corrected chi connectivity index (χ3v) is 3.84. The van der Waals surface area contributed by atoms with Crippen molar-refractivity contribution in [1.29, 1.82) is 0 Å². The molecule has 1 fully saturated rings. The molecule has 1 saturated heterocycles. The fourth-order valence-electron chi connectivity index (χ4n) is 2.52. The molecular weight excluding hydrogens is 301 g/mol. The first-order valence-electron chi connectivity index (χ1n) is 6.46. The predicted molar refractivity (Wildman–Crippen MR) is 77.4 cm³/mol. The lowest BCUT2D eigenvalue weighted by Crippen LogP contribution is -2.44. The number of amides is 1. The third kappa shape index (κ3) is 3.64. The minimum atomic E-state index is -0.890. The fourth-order valence-corrected chi connectivity index (χ4v) is 3.05. The van der Waals surface area contributed by atoms with Gasteiger partial charge < -0.3 is 10.0 Å². The minimum Gasteiger partial charge on any atom is -0.481 e. The average Bonchev–Trinajstić information content (AvgIpc) is 2.36. The van der Waals surface area contributed by atoms with Gasteiger partial charge in [-0.3, -0.25) is 9.59 Å². The highest BCUT2D eigenvalue weighted by atomic mass is 35.5. The zero-order valence-electron chi connectivity index (χ0n) is 10.8. The Balaban J connectivity index is 2.22. The number of benzene rings is 1. The molecule has 1 aliphatic rings. The number of likely N-dealkylation sites (tertiary alicyclic amines) is 1. The van der Waals surface area contributed by atoms with Crippen molar-refractivity contribution in [2.45, 2.75) is 31.7 Å². The number of nitrogens with zero attached hydrogens (tertiary/aromatic N) is 1. The molecule has 1 aromatic carbocycles. The summed E-state index contributed by atoms with van der Waals surface area (Å²) in [6.07, 6.45) is 2.51. The zero-order chi connectivity index (χ0) is 14.7. The summed E-state index contributed by atoms with van der Waals surface area (Å²) < 4.78 is 0. The van der Waals surface area contributed by atoms with Gasteiger partial charge in [-0.2, -0.15) is 0 Å². The Labute approximate surface area is 127 Å². The van der Waals surface area contributed by atoms with Crippen molar-refractivity contribution < 1.29 is 14.7 Å². The lowest BCUT2D eigenvalue weighted by Gasteiger charge is -2.35. The maximum absolute atomic E-state index is 12.5. The second kappa shape index (κ2) is 6.46. The number of carboxylic acid groups (broad SMARTS) is 1. The summed E-state index contributed by atoms with van der Waals surface area (Å²) in [6, 6.07) is 4.42. The monoisotopic (exact) mass is 315 g/mol. The SMILES string of the molecule is O=C(O)CC1CCCCN1C(=O)c1cc(Cl)cc(Cl)c1. The molecule has 1 N–H and O–H groups in total. The van der Waals surface area contributed by atoms with Crippen molar-refractivity contribution in [2.75, 3.05) is 6.54 Å². The maximum atomic E-state index is 12.5. The summed E-state index contributed by atoms with van der Waals surface area (Å²) in [6.45, 7) is 0.570. The molecule has 1 atom stereocenters. The fraction of sp³-hybridized carbons (Fsp3) is 0.429. The second-order valence-electron chi connectivity index (χ2n) is 4.90. The average molecular weight is 316 g/mol. The highest BCUT2D eigenvalue weighted by Gasteiger charge is 2.29. The quantitative estimate of drug-likeness (QED) is 0.929. The molecule has 6 heteroatoms. The number of carbonyl (C=O) groups is 2. The van der Waals surface area contributed by atoms with Crippen molar-refractivity contribution in [3.05, 3.63) is 33.8 Å². The van der Waals surface area contributed by atoms with E-state index in [0.717, 1.165) is 12.8 Å². The Morgan fingerprint density at radius 1 is 1.20 bits per heavy atom. The van der Waals surface area contributed by atoms with Crippen LogP contribution in [0.5, 0.6) is 0 Å². The molecule has 20 heavy (non-hydrogen) atoms. The second-order valence-corrected chi connectivity index (χ2v) is 5.78. The van der Waals surface area contributed by atoms with Crippen LogP contribution in [0.1, 0.15) is 36.0 Å². The van der Waals surface area contributed by atoms with E-state index in [1.807, 2.05) is 0 Å². The summed E-state index contributed by atoms with van der Waals surface area (Å²) in [7, 11) is 0. The summed E-state index contributed by atoms with van der Waals surface area (Å²) in [4.78, 5) is 25.0. The van der Waals surface area contributed by atoms with Gasteiger partial charge >= 0.3 is 5.97 Å². The first-order valence-corrected chi connectivity index (χ1v) is 7.22. The van der Waals surface area contributed by atoms with E-state index >= 15 is 0 Å². The first-order chi connectivity index (χ1) is 9.47. The van der Waals surface area contributed by atoms with Crippen LogP contribution >= 0.6 is 23.2 Å². The van der Waals surface area contributed by atoms with E-state index in [0.29, 0.717) is 28.6 Å². The zero-order valence-corrected chi connectivity index (χ0v) is 12.3. The number of aliphatic carboxylic acids is 1. The molecule has 1 aliphatic heterocycles. The van der Waals surface area contributed by atoms with Gasteiger partial charge in [-0.15, -0.1) is 0 Å². The third-order valence-electron chi connectivity index (χ3n) is 3.41. The molecule has 0 bridgehead atoms. The van der Waals surface area contributed by atoms with Crippen LogP contribution in [0.25, 0.3) is 0 Å². The summed E-state index contributed by atoms with van der Waals surface area (Å²) in [5.41, 5.74) is 0.403. The van der Waals surface area contributed by atoms with Gasteiger partial charge in [0.1, 0.15) is 0 Å².